The largest absolute Gasteiger partial charge is 0.355 e. The molecule has 1 saturated heterocycles. The van der Waals surface area contributed by atoms with Crippen LogP contribution in [-0.2, 0) is 9.84 Å². The number of pyridine rings is 1. The molecule has 2 heterocycles. The molecule has 1 fully saturated rings. The third kappa shape index (κ3) is 4.40. The number of nitrogens with one attached hydrogen (secondary N) is 2. The molecule has 2 N–H and O–H groups in total. The Morgan fingerprint density at radius 3 is 2.69 bits per heavy atom. The number of hydrogen-bond acceptors (Lipinski definition) is 5. The first-order valence-electron chi connectivity index (χ1n) is 8.67. The number of amides is 1. The summed E-state index contributed by atoms with van der Waals surface area (Å²) in [6.07, 6.45) is 2.02. The quantitative estimate of drug-likeness (QED) is 0.841. The SMILES string of the molecule is CC(C)c1ccccc1Nc1ccnc(C(=O)NC2CCS(=O)(=O)C2)c1. The molecule has 1 amide bonds. The van der Waals surface area contributed by atoms with Crippen molar-refractivity contribution >= 4 is 27.1 Å². The monoisotopic (exact) mass is 373 g/mol. The summed E-state index contributed by atoms with van der Waals surface area (Å²) >= 11 is 0. The summed E-state index contributed by atoms with van der Waals surface area (Å²) in [4.78, 5) is 16.5. The van der Waals surface area contributed by atoms with Gasteiger partial charge in [0.1, 0.15) is 5.69 Å². The topological polar surface area (TPSA) is 88.2 Å². The number of para-hydroxylation sites is 1. The molecule has 26 heavy (non-hydrogen) atoms. The molecule has 3 rings (SSSR count). The Balaban J connectivity index is 1.73. The number of nitrogens with zero attached hydrogens (tertiary/aromatic N) is 1. The van der Waals surface area contributed by atoms with Crippen LogP contribution in [0.3, 0.4) is 0 Å². The van der Waals surface area contributed by atoms with Crippen LogP contribution in [0.15, 0.2) is 42.6 Å². The number of hydrogen-bond donors (Lipinski definition) is 2. The number of aromatic nitrogens is 1. The molecule has 0 spiro atoms. The van der Waals surface area contributed by atoms with Gasteiger partial charge in [-0.3, -0.25) is 9.78 Å². The predicted molar refractivity (Wildman–Crippen MR) is 103 cm³/mol. The van der Waals surface area contributed by atoms with E-state index in [0.717, 1.165) is 11.4 Å². The highest BCUT2D eigenvalue weighted by Crippen LogP contribution is 2.27. The lowest BCUT2D eigenvalue weighted by Gasteiger charge is -2.15. The van der Waals surface area contributed by atoms with E-state index in [2.05, 4.69) is 35.5 Å². The van der Waals surface area contributed by atoms with Crippen molar-refractivity contribution in [3.05, 3.63) is 53.9 Å². The van der Waals surface area contributed by atoms with Crippen molar-refractivity contribution in [1.82, 2.24) is 10.3 Å². The number of sulfone groups is 1. The minimum absolute atomic E-state index is 0.00154. The van der Waals surface area contributed by atoms with Crippen molar-refractivity contribution in [2.45, 2.75) is 32.2 Å². The van der Waals surface area contributed by atoms with Crippen LogP contribution in [-0.4, -0.2) is 36.9 Å². The Labute approximate surface area is 154 Å². The first kappa shape index (κ1) is 18.4. The summed E-state index contributed by atoms with van der Waals surface area (Å²) in [6, 6.07) is 11.2. The maximum atomic E-state index is 12.4. The van der Waals surface area contributed by atoms with Gasteiger partial charge in [0.05, 0.1) is 11.5 Å². The summed E-state index contributed by atoms with van der Waals surface area (Å²) in [5, 5.41) is 6.10. The summed E-state index contributed by atoms with van der Waals surface area (Å²) in [5.41, 5.74) is 3.20. The minimum atomic E-state index is -3.03. The second-order valence-electron chi connectivity index (χ2n) is 6.87. The zero-order valence-corrected chi connectivity index (χ0v) is 15.7. The van der Waals surface area contributed by atoms with Gasteiger partial charge in [0.15, 0.2) is 9.84 Å². The molecule has 1 atom stereocenters. The summed E-state index contributed by atoms with van der Waals surface area (Å²) in [5.74, 6) is 0.137. The highest BCUT2D eigenvalue weighted by molar-refractivity contribution is 7.91. The summed E-state index contributed by atoms with van der Waals surface area (Å²) in [6.45, 7) is 4.25. The van der Waals surface area contributed by atoms with E-state index in [-0.39, 0.29) is 29.1 Å². The molecular formula is C19H23N3O3S. The molecule has 1 aromatic carbocycles. The third-order valence-electron chi connectivity index (χ3n) is 4.42. The Hall–Kier alpha value is -2.41. The lowest BCUT2D eigenvalue weighted by atomic mass is 10.0. The Morgan fingerprint density at radius 1 is 1.23 bits per heavy atom. The molecule has 138 valence electrons. The Morgan fingerprint density at radius 2 is 2.00 bits per heavy atom. The maximum Gasteiger partial charge on any atom is 0.270 e. The molecule has 2 aromatic rings. The molecular weight excluding hydrogens is 350 g/mol. The first-order valence-corrected chi connectivity index (χ1v) is 10.5. The van der Waals surface area contributed by atoms with Crippen LogP contribution in [0.1, 0.15) is 42.2 Å². The summed E-state index contributed by atoms with van der Waals surface area (Å²) in [7, 11) is -3.03. The van der Waals surface area contributed by atoms with Crippen molar-refractivity contribution in [1.29, 1.82) is 0 Å². The average Bonchev–Trinajstić information content (AvgIpc) is 2.94. The van der Waals surface area contributed by atoms with Gasteiger partial charge in [0.2, 0.25) is 0 Å². The molecule has 0 bridgehead atoms. The van der Waals surface area contributed by atoms with Crippen LogP contribution < -0.4 is 10.6 Å². The van der Waals surface area contributed by atoms with E-state index < -0.39 is 9.84 Å². The standard InChI is InChI=1S/C19H23N3O3S/c1-13(2)16-5-3-4-6-17(16)21-14-7-9-20-18(11-14)19(23)22-15-8-10-26(24,25)12-15/h3-7,9,11,13,15H,8,10,12H2,1-2H3,(H,20,21)(H,22,23). The van der Waals surface area contributed by atoms with Crippen LogP contribution in [0.5, 0.6) is 0 Å². The maximum absolute atomic E-state index is 12.4. The van der Waals surface area contributed by atoms with Crippen molar-refractivity contribution in [3.63, 3.8) is 0 Å². The molecule has 0 saturated carbocycles. The van der Waals surface area contributed by atoms with Crippen LogP contribution >= 0.6 is 0 Å². The van der Waals surface area contributed by atoms with E-state index >= 15 is 0 Å². The van der Waals surface area contributed by atoms with Gasteiger partial charge in [-0.1, -0.05) is 32.0 Å². The van der Waals surface area contributed by atoms with Crippen LogP contribution in [0.4, 0.5) is 11.4 Å². The number of benzene rings is 1. The highest BCUT2D eigenvalue weighted by atomic mass is 32.2. The highest BCUT2D eigenvalue weighted by Gasteiger charge is 2.29. The van der Waals surface area contributed by atoms with Gasteiger partial charge in [-0.05, 0) is 36.1 Å². The first-order chi connectivity index (χ1) is 12.3. The van der Waals surface area contributed by atoms with Gasteiger partial charge in [-0.25, -0.2) is 8.42 Å². The number of carbonyl (C=O) groups excluding carboxylic acids is 1. The molecule has 1 aromatic heterocycles. The molecule has 6 nitrogen and oxygen atoms in total. The van der Waals surface area contributed by atoms with Crippen molar-refractivity contribution < 1.29 is 13.2 Å². The van der Waals surface area contributed by atoms with Gasteiger partial charge >= 0.3 is 0 Å². The van der Waals surface area contributed by atoms with Gasteiger partial charge in [-0.2, -0.15) is 0 Å². The second kappa shape index (κ2) is 7.45. The molecule has 1 unspecified atom stereocenters. The fourth-order valence-electron chi connectivity index (χ4n) is 3.07. The van der Waals surface area contributed by atoms with Crippen molar-refractivity contribution in [2.75, 3.05) is 16.8 Å². The van der Waals surface area contributed by atoms with Gasteiger partial charge in [0.25, 0.3) is 5.91 Å². The normalized spacial score (nSPS) is 18.7. The van der Waals surface area contributed by atoms with Crippen LogP contribution in [0, 0.1) is 0 Å². The summed E-state index contributed by atoms with van der Waals surface area (Å²) < 4.78 is 23.1. The lowest BCUT2D eigenvalue weighted by Crippen LogP contribution is -2.36. The predicted octanol–water partition coefficient (Wildman–Crippen LogP) is 2.87. The van der Waals surface area contributed by atoms with E-state index in [0.29, 0.717) is 12.3 Å². The smallest absolute Gasteiger partial charge is 0.270 e. The Kier molecular flexibility index (Phi) is 5.27. The van der Waals surface area contributed by atoms with Crippen LogP contribution in [0.25, 0.3) is 0 Å². The second-order valence-corrected chi connectivity index (χ2v) is 9.10. The van der Waals surface area contributed by atoms with E-state index in [9.17, 15) is 13.2 Å². The molecule has 7 heteroatoms. The fourth-order valence-corrected chi connectivity index (χ4v) is 4.74. The molecule has 1 aliphatic rings. The zero-order valence-electron chi connectivity index (χ0n) is 14.9. The van der Waals surface area contributed by atoms with Gasteiger partial charge in [-0.15, -0.1) is 0 Å². The Bertz CT molecular complexity index is 910. The third-order valence-corrected chi connectivity index (χ3v) is 6.19. The fraction of sp³-hybridized carbons (Fsp3) is 0.368. The van der Waals surface area contributed by atoms with E-state index in [1.165, 1.54) is 5.56 Å². The van der Waals surface area contributed by atoms with Crippen LogP contribution in [0.2, 0.25) is 0 Å². The van der Waals surface area contributed by atoms with Gasteiger partial charge in [0, 0.05) is 23.6 Å². The van der Waals surface area contributed by atoms with E-state index in [1.807, 2.05) is 18.2 Å². The van der Waals surface area contributed by atoms with Crippen molar-refractivity contribution in [2.24, 2.45) is 0 Å². The van der Waals surface area contributed by atoms with Gasteiger partial charge < -0.3 is 10.6 Å². The molecule has 1 aliphatic heterocycles. The number of anilines is 2. The number of carbonyl (C=O) groups is 1. The van der Waals surface area contributed by atoms with Crippen molar-refractivity contribution in [3.8, 4) is 0 Å². The average molecular weight is 373 g/mol. The minimum Gasteiger partial charge on any atom is -0.355 e. The van der Waals surface area contributed by atoms with E-state index in [4.69, 9.17) is 0 Å². The molecule has 0 aliphatic carbocycles. The molecule has 0 radical (unpaired) electrons. The lowest BCUT2D eigenvalue weighted by molar-refractivity contribution is 0.0936. The van der Waals surface area contributed by atoms with E-state index in [1.54, 1.807) is 18.3 Å². The number of rotatable bonds is 5. The zero-order chi connectivity index (χ0) is 18.7.